The summed E-state index contributed by atoms with van der Waals surface area (Å²) in [5.74, 6) is 0.626. The van der Waals surface area contributed by atoms with E-state index in [4.69, 9.17) is 9.47 Å². The number of aromatic nitrogens is 6. The van der Waals surface area contributed by atoms with Crippen LogP contribution in [0.5, 0.6) is 11.5 Å². The minimum Gasteiger partial charge on any atom is -0.461 e. The predicted octanol–water partition coefficient (Wildman–Crippen LogP) is 3.78. The molecule has 0 radical (unpaired) electrons. The highest BCUT2D eigenvalue weighted by atomic mass is 16.5. The topological polar surface area (TPSA) is 107 Å². The van der Waals surface area contributed by atoms with Gasteiger partial charge in [-0.25, -0.2) is 9.78 Å². The smallest absolute Gasteiger partial charge is 0.362 e. The number of hydrogen-bond acceptors (Lipinski definition) is 7. The Morgan fingerprint density at radius 1 is 1.17 bits per heavy atom. The van der Waals surface area contributed by atoms with Gasteiger partial charge in [-0.3, -0.25) is 10.1 Å². The van der Waals surface area contributed by atoms with Crippen LogP contribution in [0.3, 0.4) is 0 Å². The van der Waals surface area contributed by atoms with Crippen molar-refractivity contribution in [1.29, 1.82) is 0 Å². The minimum absolute atomic E-state index is 0.0224. The fraction of sp³-hybridized carbons (Fsp3) is 0.286. The van der Waals surface area contributed by atoms with Crippen LogP contribution in [0.4, 0.5) is 0 Å². The van der Waals surface area contributed by atoms with Crippen molar-refractivity contribution in [2.75, 3.05) is 6.61 Å². The van der Waals surface area contributed by atoms with E-state index in [1.807, 2.05) is 24.3 Å². The van der Waals surface area contributed by atoms with Crippen molar-refractivity contribution >= 4 is 11.6 Å². The SMILES string of the molecule is CCOC(=O)c1nn2c(-c3cnccn3)n[nH]c2c1Oc1ccc(C(C)(C)C)cc1. The van der Waals surface area contributed by atoms with E-state index in [0.29, 0.717) is 22.9 Å². The van der Waals surface area contributed by atoms with E-state index >= 15 is 0 Å². The molecule has 0 aliphatic heterocycles. The van der Waals surface area contributed by atoms with Gasteiger partial charge in [0, 0.05) is 12.4 Å². The molecule has 0 unspecified atom stereocenters. The second-order valence-electron chi connectivity index (χ2n) is 7.67. The van der Waals surface area contributed by atoms with Crippen LogP contribution in [0, 0.1) is 0 Å². The zero-order chi connectivity index (χ0) is 21.3. The molecule has 1 aromatic carbocycles. The lowest BCUT2D eigenvalue weighted by atomic mass is 9.87. The number of esters is 1. The van der Waals surface area contributed by atoms with Gasteiger partial charge in [-0.2, -0.15) is 14.7 Å². The summed E-state index contributed by atoms with van der Waals surface area (Å²) in [7, 11) is 0. The number of H-pyrrole nitrogens is 1. The molecule has 30 heavy (non-hydrogen) atoms. The number of hydrogen-bond donors (Lipinski definition) is 1. The van der Waals surface area contributed by atoms with Gasteiger partial charge in [0.2, 0.25) is 17.3 Å². The molecule has 0 atom stereocenters. The van der Waals surface area contributed by atoms with Crippen LogP contribution in [0.15, 0.2) is 42.9 Å². The molecule has 0 aliphatic rings. The van der Waals surface area contributed by atoms with Gasteiger partial charge in [-0.05, 0) is 30.0 Å². The van der Waals surface area contributed by atoms with E-state index in [9.17, 15) is 4.79 Å². The Morgan fingerprint density at radius 3 is 2.57 bits per heavy atom. The van der Waals surface area contributed by atoms with Crippen molar-refractivity contribution < 1.29 is 14.3 Å². The van der Waals surface area contributed by atoms with E-state index in [0.717, 1.165) is 0 Å². The van der Waals surface area contributed by atoms with Crippen LogP contribution in [-0.4, -0.2) is 42.4 Å². The lowest BCUT2D eigenvalue weighted by Gasteiger charge is -2.19. The lowest BCUT2D eigenvalue weighted by Crippen LogP contribution is -2.10. The van der Waals surface area contributed by atoms with Crippen molar-refractivity contribution in [2.24, 2.45) is 0 Å². The number of carbonyl (C=O) groups is 1. The van der Waals surface area contributed by atoms with Gasteiger partial charge in [-0.1, -0.05) is 32.9 Å². The zero-order valence-corrected chi connectivity index (χ0v) is 17.2. The van der Waals surface area contributed by atoms with E-state index in [1.165, 1.54) is 10.1 Å². The summed E-state index contributed by atoms with van der Waals surface area (Å²) in [5, 5.41) is 11.5. The summed E-state index contributed by atoms with van der Waals surface area (Å²) in [6.45, 7) is 8.38. The molecule has 3 aromatic heterocycles. The largest absolute Gasteiger partial charge is 0.461 e. The molecule has 0 amide bonds. The standard InChI is InChI=1S/C21H22N6O3/c1-5-29-20(28)16-17(30-14-8-6-13(7-9-14)21(2,3)4)19-25-24-18(27(19)26-16)15-12-22-10-11-23-15/h6-12,25H,5H2,1-4H3. The molecular weight excluding hydrogens is 384 g/mol. The molecule has 0 aliphatic carbocycles. The van der Waals surface area contributed by atoms with Gasteiger partial charge in [0.25, 0.3) is 0 Å². The molecule has 0 bridgehead atoms. The van der Waals surface area contributed by atoms with Gasteiger partial charge in [0.1, 0.15) is 11.4 Å². The maximum absolute atomic E-state index is 12.5. The summed E-state index contributed by atoms with van der Waals surface area (Å²) in [6, 6.07) is 7.72. The normalized spacial score (nSPS) is 11.6. The third kappa shape index (κ3) is 3.61. The number of rotatable bonds is 5. The molecule has 3 heterocycles. The number of nitrogens with zero attached hydrogens (tertiary/aromatic N) is 5. The Kier molecular flexibility index (Phi) is 4.94. The third-order valence-electron chi connectivity index (χ3n) is 4.51. The molecule has 1 N–H and O–H groups in total. The van der Waals surface area contributed by atoms with Crippen LogP contribution in [0.1, 0.15) is 43.7 Å². The Labute approximate surface area is 173 Å². The van der Waals surface area contributed by atoms with E-state index in [-0.39, 0.29) is 23.5 Å². The second-order valence-corrected chi connectivity index (χ2v) is 7.67. The van der Waals surface area contributed by atoms with Crippen molar-refractivity contribution in [3.63, 3.8) is 0 Å². The molecule has 9 nitrogen and oxygen atoms in total. The monoisotopic (exact) mass is 406 g/mol. The van der Waals surface area contributed by atoms with Crippen LogP contribution in [0.2, 0.25) is 0 Å². The van der Waals surface area contributed by atoms with Crippen molar-refractivity contribution in [3.8, 4) is 23.0 Å². The van der Waals surface area contributed by atoms with Gasteiger partial charge in [0.05, 0.1) is 12.8 Å². The summed E-state index contributed by atoms with van der Waals surface area (Å²) in [4.78, 5) is 20.8. The molecule has 154 valence electrons. The maximum atomic E-state index is 12.5. The first-order chi connectivity index (χ1) is 14.4. The Balaban J connectivity index is 1.78. The molecule has 0 spiro atoms. The van der Waals surface area contributed by atoms with Crippen LogP contribution in [-0.2, 0) is 10.2 Å². The third-order valence-corrected chi connectivity index (χ3v) is 4.51. The Bertz CT molecular complexity index is 1170. The van der Waals surface area contributed by atoms with Crippen LogP contribution < -0.4 is 4.74 Å². The highest BCUT2D eigenvalue weighted by Crippen LogP contribution is 2.33. The number of fused-ring (bicyclic) bond motifs is 1. The number of benzene rings is 1. The highest BCUT2D eigenvalue weighted by molar-refractivity contribution is 5.93. The summed E-state index contributed by atoms with van der Waals surface area (Å²) in [5.41, 5.74) is 2.16. The van der Waals surface area contributed by atoms with Crippen LogP contribution in [0.25, 0.3) is 17.2 Å². The highest BCUT2D eigenvalue weighted by Gasteiger charge is 2.27. The first-order valence-corrected chi connectivity index (χ1v) is 9.57. The van der Waals surface area contributed by atoms with E-state index < -0.39 is 5.97 Å². The van der Waals surface area contributed by atoms with Gasteiger partial charge >= 0.3 is 5.97 Å². The van der Waals surface area contributed by atoms with Crippen molar-refractivity contribution in [3.05, 3.63) is 54.1 Å². The second kappa shape index (κ2) is 7.58. The summed E-state index contributed by atoms with van der Waals surface area (Å²) >= 11 is 0. The average Bonchev–Trinajstić information content (AvgIpc) is 3.29. The fourth-order valence-corrected chi connectivity index (χ4v) is 2.96. The molecule has 0 saturated carbocycles. The molecule has 4 aromatic rings. The predicted molar refractivity (Wildman–Crippen MR) is 110 cm³/mol. The molecule has 0 saturated heterocycles. The quantitative estimate of drug-likeness (QED) is 0.503. The van der Waals surface area contributed by atoms with Gasteiger partial charge in [0.15, 0.2) is 5.65 Å². The van der Waals surface area contributed by atoms with Crippen molar-refractivity contribution in [1.82, 2.24) is 29.8 Å². The summed E-state index contributed by atoms with van der Waals surface area (Å²) < 4.78 is 12.7. The fourth-order valence-electron chi connectivity index (χ4n) is 2.96. The van der Waals surface area contributed by atoms with Gasteiger partial charge < -0.3 is 9.47 Å². The van der Waals surface area contributed by atoms with Crippen molar-refractivity contribution in [2.45, 2.75) is 33.1 Å². The molecule has 4 rings (SSSR count). The average molecular weight is 406 g/mol. The lowest BCUT2D eigenvalue weighted by molar-refractivity contribution is 0.0516. The first kappa shape index (κ1) is 19.6. The van der Waals surface area contributed by atoms with Gasteiger partial charge in [-0.15, -0.1) is 0 Å². The van der Waals surface area contributed by atoms with E-state index in [1.54, 1.807) is 25.5 Å². The number of aromatic amines is 1. The Morgan fingerprint density at radius 2 is 1.93 bits per heavy atom. The molecule has 9 heteroatoms. The molecular formula is C21H22N6O3. The summed E-state index contributed by atoms with van der Waals surface area (Å²) in [6.07, 6.45) is 4.68. The maximum Gasteiger partial charge on any atom is 0.362 e. The van der Waals surface area contributed by atoms with E-state index in [2.05, 4.69) is 46.0 Å². The number of nitrogens with one attached hydrogen (secondary N) is 1. The molecule has 0 fully saturated rings. The number of ether oxygens (including phenoxy) is 2. The first-order valence-electron chi connectivity index (χ1n) is 9.57. The van der Waals surface area contributed by atoms with Crippen LogP contribution >= 0.6 is 0 Å². The number of carbonyl (C=O) groups excluding carboxylic acids is 1. The minimum atomic E-state index is -0.582. The zero-order valence-electron chi connectivity index (χ0n) is 17.2. The Hall–Kier alpha value is -3.75.